The molecule has 1 aliphatic heterocycles. The first kappa shape index (κ1) is 18.5. The highest BCUT2D eigenvalue weighted by molar-refractivity contribution is 7.99. The molecular weight excluding hydrogens is 346 g/mol. The molecule has 1 aromatic heterocycles. The lowest BCUT2D eigenvalue weighted by molar-refractivity contribution is -0.143. The number of nitrogens with one attached hydrogen (secondary N) is 1. The average molecular weight is 369 g/mol. The van der Waals surface area contributed by atoms with E-state index in [0.29, 0.717) is 5.75 Å². The number of β-lactam (4-membered cyclic amide) rings is 1. The van der Waals surface area contributed by atoms with Crippen LogP contribution in [0.15, 0.2) is 54.7 Å². The minimum absolute atomic E-state index is 0.103. The zero-order chi connectivity index (χ0) is 18.5. The summed E-state index contributed by atoms with van der Waals surface area (Å²) in [6.45, 7) is 3.89. The zero-order valence-electron chi connectivity index (χ0n) is 15.0. The first-order valence-electron chi connectivity index (χ1n) is 8.81. The van der Waals surface area contributed by atoms with Gasteiger partial charge in [0.1, 0.15) is 0 Å². The van der Waals surface area contributed by atoms with Crippen LogP contribution in [0.4, 0.5) is 4.79 Å². The second-order valence-corrected chi connectivity index (χ2v) is 7.45. The largest absolute Gasteiger partial charge is 0.331 e. The standard InChI is InChI=1S/C20H23N3O2S/c1-3-17(15-9-5-4-6-10-15)22-20(25)23-18(24)14(2)19(23)26-13-16-11-7-8-12-21-16/h4-12,14,17,19H,3,13H2,1-2H3,(H,22,25)/t14-,17-,19+/m1/s1. The number of amides is 3. The monoisotopic (exact) mass is 369 g/mol. The molecule has 0 saturated carbocycles. The van der Waals surface area contributed by atoms with E-state index in [1.807, 2.05) is 62.4 Å². The third-order valence-electron chi connectivity index (χ3n) is 4.56. The van der Waals surface area contributed by atoms with E-state index in [4.69, 9.17) is 0 Å². The third-order valence-corrected chi connectivity index (χ3v) is 5.99. The molecule has 0 aliphatic carbocycles. The summed E-state index contributed by atoms with van der Waals surface area (Å²) < 4.78 is 0. The van der Waals surface area contributed by atoms with Gasteiger partial charge in [-0.05, 0) is 24.1 Å². The summed E-state index contributed by atoms with van der Waals surface area (Å²) in [5.74, 6) is 0.387. The molecule has 0 radical (unpaired) electrons. The van der Waals surface area contributed by atoms with Gasteiger partial charge in [-0.2, -0.15) is 0 Å². The topological polar surface area (TPSA) is 62.3 Å². The Hall–Kier alpha value is -2.34. The zero-order valence-corrected chi connectivity index (χ0v) is 15.8. The van der Waals surface area contributed by atoms with E-state index in [1.165, 1.54) is 4.90 Å². The van der Waals surface area contributed by atoms with Crippen molar-refractivity contribution in [3.8, 4) is 0 Å². The van der Waals surface area contributed by atoms with E-state index in [1.54, 1.807) is 18.0 Å². The van der Waals surface area contributed by atoms with E-state index < -0.39 is 0 Å². The molecule has 2 aromatic rings. The summed E-state index contributed by atoms with van der Waals surface area (Å²) in [5.41, 5.74) is 1.99. The van der Waals surface area contributed by atoms with Crippen LogP contribution in [0.1, 0.15) is 37.6 Å². The maximum Gasteiger partial charge on any atom is 0.325 e. The fourth-order valence-corrected chi connectivity index (χ4v) is 4.29. The molecule has 3 atom stereocenters. The molecule has 6 heteroatoms. The summed E-state index contributed by atoms with van der Waals surface area (Å²) in [6, 6.07) is 15.2. The normalized spacial score (nSPS) is 20.4. The van der Waals surface area contributed by atoms with Crippen molar-refractivity contribution in [2.24, 2.45) is 5.92 Å². The summed E-state index contributed by atoms with van der Waals surface area (Å²) >= 11 is 1.58. The molecule has 0 spiro atoms. The molecule has 1 saturated heterocycles. The number of thioether (sulfide) groups is 1. The van der Waals surface area contributed by atoms with Crippen LogP contribution >= 0.6 is 11.8 Å². The van der Waals surface area contributed by atoms with E-state index in [2.05, 4.69) is 10.3 Å². The first-order chi connectivity index (χ1) is 12.6. The fraction of sp³-hybridized carbons (Fsp3) is 0.350. The van der Waals surface area contributed by atoms with Crippen molar-refractivity contribution in [1.82, 2.24) is 15.2 Å². The van der Waals surface area contributed by atoms with Crippen molar-refractivity contribution >= 4 is 23.7 Å². The molecular formula is C20H23N3O2S. The summed E-state index contributed by atoms with van der Waals surface area (Å²) in [5, 5.41) is 2.85. The maximum absolute atomic E-state index is 12.7. The fourth-order valence-electron chi connectivity index (χ4n) is 3.02. The number of pyridine rings is 1. The van der Waals surface area contributed by atoms with Crippen LogP contribution in [-0.2, 0) is 10.5 Å². The van der Waals surface area contributed by atoms with Crippen molar-refractivity contribution in [2.45, 2.75) is 37.4 Å². The van der Waals surface area contributed by atoms with Gasteiger partial charge in [-0.15, -0.1) is 11.8 Å². The SMILES string of the molecule is CC[C@@H](NC(=O)N1C(=O)[C@@H](C)[C@@H]1SCc1ccccn1)c1ccccc1. The van der Waals surface area contributed by atoms with Crippen molar-refractivity contribution in [3.05, 3.63) is 66.0 Å². The maximum atomic E-state index is 12.7. The molecule has 2 heterocycles. The van der Waals surface area contributed by atoms with Gasteiger partial charge in [-0.25, -0.2) is 4.79 Å². The Labute approximate surface area is 158 Å². The smallest absolute Gasteiger partial charge is 0.325 e. The number of hydrogen-bond donors (Lipinski definition) is 1. The van der Waals surface area contributed by atoms with Gasteiger partial charge >= 0.3 is 6.03 Å². The molecule has 136 valence electrons. The molecule has 1 fully saturated rings. The Morgan fingerprint density at radius 2 is 1.96 bits per heavy atom. The van der Waals surface area contributed by atoms with Gasteiger partial charge in [0.15, 0.2) is 0 Å². The third kappa shape index (κ3) is 3.90. The van der Waals surface area contributed by atoms with E-state index in [-0.39, 0.29) is 29.3 Å². The molecule has 1 N–H and O–H groups in total. The van der Waals surface area contributed by atoms with E-state index >= 15 is 0 Å². The van der Waals surface area contributed by atoms with E-state index in [9.17, 15) is 9.59 Å². The number of carbonyl (C=O) groups is 2. The Morgan fingerprint density at radius 1 is 1.23 bits per heavy atom. The van der Waals surface area contributed by atoms with Gasteiger partial charge in [0, 0.05) is 11.9 Å². The molecule has 3 rings (SSSR count). The molecule has 26 heavy (non-hydrogen) atoms. The number of rotatable bonds is 6. The summed E-state index contributed by atoms with van der Waals surface area (Å²) in [7, 11) is 0. The highest BCUT2D eigenvalue weighted by Crippen LogP contribution is 2.36. The Morgan fingerprint density at radius 3 is 2.62 bits per heavy atom. The van der Waals surface area contributed by atoms with Crippen molar-refractivity contribution < 1.29 is 9.59 Å². The van der Waals surface area contributed by atoms with Crippen LogP contribution in [0.5, 0.6) is 0 Å². The lowest BCUT2D eigenvalue weighted by atomic mass is 10.0. The quantitative estimate of drug-likeness (QED) is 0.783. The first-order valence-corrected chi connectivity index (χ1v) is 9.86. The molecule has 0 bridgehead atoms. The Kier molecular flexibility index (Phi) is 5.93. The van der Waals surface area contributed by atoms with Crippen LogP contribution in [-0.4, -0.2) is 27.2 Å². The highest BCUT2D eigenvalue weighted by Gasteiger charge is 2.48. The number of benzene rings is 1. The molecule has 0 unspecified atom stereocenters. The number of imide groups is 1. The van der Waals surface area contributed by atoms with Gasteiger partial charge in [-0.1, -0.05) is 50.2 Å². The van der Waals surface area contributed by atoms with Gasteiger partial charge in [0.2, 0.25) is 5.91 Å². The minimum atomic E-state index is -0.317. The molecule has 1 aliphatic rings. The highest BCUT2D eigenvalue weighted by atomic mass is 32.2. The predicted octanol–water partition coefficient (Wildman–Crippen LogP) is 3.98. The van der Waals surface area contributed by atoms with Crippen LogP contribution < -0.4 is 5.32 Å². The second-order valence-electron chi connectivity index (χ2n) is 6.34. The Bertz CT molecular complexity index is 754. The molecule has 5 nitrogen and oxygen atoms in total. The average Bonchev–Trinajstić information content (AvgIpc) is 2.69. The van der Waals surface area contributed by atoms with Gasteiger partial charge in [0.25, 0.3) is 0 Å². The van der Waals surface area contributed by atoms with Gasteiger partial charge < -0.3 is 5.32 Å². The molecule has 3 amide bonds. The van der Waals surface area contributed by atoms with Crippen molar-refractivity contribution in [1.29, 1.82) is 0 Å². The lowest BCUT2D eigenvalue weighted by Gasteiger charge is -2.43. The lowest BCUT2D eigenvalue weighted by Crippen LogP contribution is -2.63. The van der Waals surface area contributed by atoms with Crippen molar-refractivity contribution in [3.63, 3.8) is 0 Å². The number of urea groups is 1. The minimum Gasteiger partial charge on any atom is -0.331 e. The number of nitrogens with zero attached hydrogens (tertiary/aromatic N) is 2. The number of likely N-dealkylation sites (tertiary alicyclic amines) is 1. The number of hydrogen-bond acceptors (Lipinski definition) is 4. The second kappa shape index (κ2) is 8.36. The van der Waals surface area contributed by atoms with Crippen molar-refractivity contribution in [2.75, 3.05) is 0 Å². The van der Waals surface area contributed by atoms with E-state index in [0.717, 1.165) is 17.7 Å². The predicted molar refractivity (Wildman–Crippen MR) is 103 cm³/mol. The Balaban J connectivity index is 1.64. The van der Waals surface area contributed by atoms with Crippen LogP contribution in [0.25, 0.3) is 0 Å². The van der Waals surface area contributed by atoms with Crippen LogP contribution in [0.3, 0.4) is 0 Å². The summed E-state index contributed by atoms with van der Waals surface area (Å²) in [4.78, 5) is 30.6. The van der Waals surface area contributed by atoms with Gasteiger partial charge in [0.05, 0.1) is 23.0 Å². The molecule has 1 aromatic carbocycles. The van der Waals surface area contributed by atoms with Crippen LogP contribution in [0, 0.1) is 5.92 Å². The van der Waals surface area contributed by atoms with Crippen LogP contribution in [0.2, 0.25) is 0 Å². The number of carbonyl (C=O) groups excluding carboxylic acids is 2. The van der Waals surface area contributed by atoms with Gasteiger partial charge in [-0.3, -0.25) is 14.7 Å². The summed E-state index contributed by atoms with van der Waals surface area (Å²) in [6.07, 6.45) is 2.51. The number of aromatic nitrogens is 1.